The van der Waals surface area contributed by atoms with E-state index in [9.17, 15) is 0 Å². The normalized spacial score (nSPS) is 12.5. The van der Waals surface area contributed by atoms with Crippen LogP contribution in [0.4, 0.5) is 5.82 Å². The molecule has 1 heterocycles. The van der Waals surface area contributed by atoms with Crippen LogP contribution < -0.4 is 5.32 Å². The molecule has 2 rings (SSSR count). The van der Waals surface area contributed by atoms with E-state index in [2.05, 4.69) is 48.2 Å². The average Bonchev–Trinajstić information content (AvgIpc) is 2.39. The number of aromatic nitrogens is 2. The van der Waals surface area contributed by atoms with Crippen LogP contribution in [0.15, 0.2) is 36.7 Å². The number of hydrogen-bond donors (Lipinski definition) is 1. The molecule has 0 saturated carbocycles. The van der Waals surface area contributed by atoms with E-state index in [1.807, 2.05) is 18.2 Å². The fourth-order valence-corrected chi connectivity index (χ4v) is 2.38. The van der Waals surface area contributed by atoms with Crippen LogP contribution in [0.1, 0.15) is 43.9 Å². The van der Waals surface area contributed by atoms with E-state index < -0.39 is 0 Å². The summed E-state index contributed by atoms with van der Waals surface area (Å²) in [6.45, 7) is 6.28. The maximum absolute atomic E-state index is 6.16. The molecule has 19 heavy (non-hydrogen) atoms. The molecule has 1 unspecified atom stereocenters. The summed E-state index contributed by atoms with van der Waals surface area (Å²) in [7, 11) is 0. The summed E-state index contributed by atoms with van der Waals surface area (Å²) in [6.07, 6.45) is 1.49. The van der Waals surface area contributed by atoms with Crippen LogP contribution in [0.3, 0.4) is 0 Å². The summed E-state index contributed by atoms with van der Waals surface area (Å²) in [5.74, 6) is 1.09. The Kier molecular flexibility index (Phi) is 4.38. The zero-order valence-corrected chi connectivity index (χ0v) is 12.1. The largest absolute Gasteiger partial charge is 0.363 e. The van der Waals surface area contributed by atoms with Crippen LogP contribution in [-0.2, 0) is 0 Å². The maximum Gasteiger partial charge on any atom is 0.138 e. The Morgan fingerprint density at radius 1 is 1.05 bits per heavy atom. The fraction of sp³-hybridized carbons (Fsp3) is 0.333. The number of nitrogens with zero attached hydrogens (tertiary/aromatic N) is 2. The quantitative estimate of drug-likeness (QED) is 0.839. The molecule has 1 atom stereocenters. The van der Waals surface area contributed by atoms with Gasteiger partial charge < -0.3 is 5.32 Å². The van der Waals surface area contributed by atoms with Gasteiger partial charge in [0.25, 0.3) is 0 Å². The van der Waals surface area contributed by atoms with Crippen LogP contribution in [0.25, 0.3) is 0 Å². The third-order valence-corrected chi connectivity index (χ3v) is 3.37. The van der Waals surface area contributed by atoms with Crippen molar-refractivity contribution in [2.24, 2.45) is 0 Å². The van der Waals surface area contributed by atoms with Crippen molar-refractivity contribution in [1.82, 2.24) is 9.97 Å². The molecule has 3 nitrogen and oxygen atoms in total. The van der Waals surface area contributed by atoms with Gasteiger partial charge in [0, 0.05) is 11.6 Å². The first-order valence-electron chi connectivity index (χ1n) is 6.41. The van der Waals surface area contributed by atoms with E-state index in [0.717, 1.165) is 11.4 Å². The molecule has 0 aliphatic heterocycles. The van der Waals surface area contributed by atoms with Crippen LogP contribution in [0, 0.1) is 0 Å². The zero-order valence-electron chi connectivity index (χ0n) is 11.4. The number of benzene rings is 1. The Balaban J connectivity index is 2.27. The monoisotopic (exact) mass is 275 g/mol. The lowest BCUT2D eigenvalue weighted by Crippen LogP contribution is -2.11. The van der Waals surface area contributed by atoms with Crippen molar-refractivity contribution >= 4 is 17.4 Å². The molecule has 0 aliphatic rings. The second-order valence-electron chi connectivity index (χ2n) is 4.86. The molecule has 0 saturated heterocycles. The highest BCUT2D eigenvalue weighted by atomic mass is 35.5. The first-order valence-corrected chi connectivity index (χ1v) is 6.79. The Morgan fingerprint density at radius 2 is 1.74 bits per heavy atom. The standard InChI is InChI=1S/C15H18ClN3/c1-10(2)13-14(16)17-9-18-15(13)19-11(3)12-7-5-4-6-8-12/h4-11H,1-3H3,(H,17,18,19). The van der Waals surface area contributed by atoms with Crippen molar-refractivity contribution in [3.63, 3.8) is 0 Å². The Morgan fingerprint density at radius 3 is 2.37 bits per heavy atom. The predicted octanol–water partition coefficient (Wildman–Crippen LogP) is 4.43. The lowest BCUT2D eigenvalue weighted by Gasteiger charge is -2.19. The summed E-state index contributed by atoms with van der Waals surface area (Å²) >= 11 is 6.16. The fourth-order valence-electron chi connectivity index (χ4n) is 2.03. The molecular weight excluding hydrogens is 258 g/mol. The molecule has 0 aliphatic carbocycles. The molecule has 0 radical (unpaired) electrons. The predicted molar refractivity (Wildman–Crippen MR) is 79.6 cm³/mol. The van der Waals surface area contributed by atoms with Gasteiger partial charge in [-0.3, -0.25) is 0 Å². The third-order valence-electron chi connectivity index (χ3n) is 3.07. The highest BCUT2D eigenvalue weighted by Gasteiger charge is 2.15. The van der Waals surface area contributed by atoms with Crippen molar-refractivity contribution in [2.75, 3.05) is 5.32 Å². The Hall–Kier alpha value is -1.61. The van der Waals surface area contributed by atoms with Gasteiger partial charge in [-0.25, -0.2) is 9.97 Å². The van der Waals surface area contributed by atoms with E-state index in [0.29, 0.717) is 5.15 Å². The molecule has 4 heteroatoms. The molecular formula is C15H18ClN3. The number of hydrogen-bond acceptors (Lipinski definition) is 3. The lowest BCUT2D eigenvalue weighted by molar-refractivity contribution is 0.818. The topological polar surface area (TPSA) is 37.8 Å². The van der Waals surface area contributed by atoms with Gasteiger partial charge in [0.05, 0.1) is 0 Å². The van der Waals surface area contributed by atoms with Crippen LogP contribution >= 0.6 is 11.6 Å². The SMILES string of the molecule is CC(C)c1c(Cl)ncnc1NC(C)c1ccccc1. The van der Waals surface area contributed by atoms with Crippen molar-refractivity contribution in [3.8, 4) is 0 Å². The van der Waals surface area contributed by atoms with Crippen molar-refractivity contribution in [1.29, 1.82) is 0 Å². The molecule has 100 valence electrons. The minimum atomic E-state index is 0.171. The summed E-state index contributed by atoms with van der Waals surface area (Å²) in [6, 6.07) is 10.4. The number of nitrogens with one attached hydrogen (secondary N) is 1. The molecule has 0 spiro atoms. The summed E-state index contributed by atoms with van der Waals surface area (Å²) in [5.41, 5.74) is 2.18. The van der Waals surface area contributed by atoms with Gasteiger partial charge in [-0.2, -0.15) is 0 Å². The summed E-state index contributed by atoms with van der Waals surface area (Å²) in [5, 5.41) is 3.93. The lowest BCUT2D eigenvalue weighted by atomic mass is 10.0. The second-order valence-corrected chi connectivity index (χ2v) is 5.22. The van der Waals surface area contributed by atoms with E-state index in [1.54, 1.807) is 0 Å². The van der Waals surface area contributed by atoms with Crippen molar-refractivity contribution < 1.29 is 0 Å². The van der Waals surface area contributed by atoms with E-state index in [4.69, 9.17) is 11.6 Å². The van der Waals surface area contributed by atoms with Crippen LogP contribution in [-0.4, -0.2) is 9.97 Å². The summed E-state index contributed by atoms with van der Waals surface area (Å²) < 4.78 is 0. The van der Waals surface area contributed by atoms with Crippen LogP contribution in [0.5, 0.6) is 0 Å². The second kappa shape index (κ2) is 6.02. The molecule has 1 aromatic carbocycles. The molecule has 0 fully saturated rings. The first kappa shape index (κ1) is 13.8. The molecule has 2 aromatic rings. The highest BCUT2D eigenvalue weighted by Crippen LogP contribution is 2.30. The number of anilines is 1. The summed E-state index contributed by atoms with van der Waals surface area (Å²) in [4.78, 5) is 8.37. The van der Waals surface area contributed by atoms with E-state index in [-0.39, 0.29) is 12.0 Å². The molecule has 0 bridgehead atoms. The van der Waals surface area contributed by atoms with Gasteiger partial charge in [0.1, 0.15) is 17.3 Å². The number of halogens is 1. The smallest absolute Gasteiger partial charge is 0.138 e. The molecule has 0 amide bonds. The Bertz CT molecular complexity index is 540. The minimum absolute atomic E-state index is 0.171. The van der Waals surface area contributed by atoms with Gasteiger partial charge in [-0.15, -0.1) is 0 Å². The minimum Gasteiger partial charge on any atom is -0.363 e. The number of rotatable bonds is 4. The molecule has 1 N–H and O–H groups in total. The third kappa shape index (κ3) is 3.24. The van der Waals surface area contributed by atoms with Gasteiger partial charge in [0.2, 0.25) is 0 Å². The van der Waals surface area contributed by atoms with Gasteiger partial charge >= 0.3 is 0 Å². The first-order chi connectivity index (χ1) is 9.09. The van der Waals surface area contributed by atoms with E-state index in [1.165, 1.54) is 11.9 Å². The van der Waals surface area contributed by atoms with Gasteiger partial charge in [0.15, 0.2) is 0 Å². The maximum atomic E-state index is 6.16. The van der Waals surface area contributed by atoms with Crippen LogP contribution in [0.2, 0.25) is 5.15 Å². The van der Waals surface area contributed by atoms with Crippen molar-refractivity contribution in [2.45, 2.75) is 32.7 Å². The highest BCUT2D eigenvalue weighted by molar-refractivity contribution is 6.30. The van der Waals surface area contributed by atoms with Gasteiger partial charge in [-0.05, 0) is 18.4 Å². The van der Waals surface area contributed by atoms with E-state index >= 15 is 0 Å². The van der Waals surface area contributed by atoms with Crippen molar-refractivity contribution in [3.05, 3.63) is 52.9 Å². The zero-order chi connectivity index (χ0) is 13.8. The average molecular weight is 276 g/mol. The van der Waals surface area contributed by atoms with Gasteiger partial charge in [-0.1, -0.05) is 55.8 Å². The molecule has 1 aromatic heterocycles. The Labute approximate surface area is 119 Å².